The van der Waals surface area contributed by atoms with Crippen molar-refractivity contribution in [3.8, 4) is 0 Å². The SMILES string of the molecule is CCCCCC(C)NCC1CC12CCNCC2. The lowest BCUT2D eigenvalue weighted by Crippen LogP contribution is -2.33. The lowest BCUT2D eigenvalue weighted by atomic mass is 9.92. The van der Waals surface area contributed by atoms with Crippen LogP contribution in [-0.4, -0.2) is 25.7 Å². The first kappa shape index (κ1) is 13.4. The second kappa shape index (κ2) is 6.19. The molecule has 2 N–H and O–H groups in total. The van der Waals surface area contributed by atoms with Crippen molar-refractivity contribution in [1.29, 1.82) is 0 Å². The smallest absolute Gasteiger partial charge is 0.00388 e. The van der Waals surface area contributed by atoms with Crippen LogP contribution < -0.4 is 10.6 Å². The van der Waals surface area contributed by atoms with E-state index in [0.717, 1.165) is 17.4 Å². The van der Waals surface area contributed by atoms with Crippen LogP contribution in [0.5, 0.6) is 0 Å². The van der Waals surface area contributed by atoms with Gasteiger partial charge in [-0.05, 0) is 63.6 Å². The standard InChI is InChI=1S/C15H30N2/c1-3-4-5-6-13(2)17-12-14-11-15(14)7-9-16-10-8-15/h13-14,16-17H,3-12H2,1-2H3. The molecule has 1 aliphatic heterocycles. The van der Waals surface area contributed by atoms with Crippen molar-refractivity contribution >= 4 is 0 Å². The second-order valence-corrected chi connectivity index (χ2v) is 6.32. The van der Waals surface area contributed by atoms with Gasteiger partial charge < -0.3 is 10.6 Å². The van der Waals surface area contributed by atoms with Crippen LogP contribution in [0, 0.1) is 11.3 Å². The van der Waals surface area contributed by atoms with E-state index in [2.05, 4.69) is 24.5 Å². The molecule has 0 aromatic heterocycles. The van der Waals surface area contributed by atoms with Gasteiger partial charge in [0.15, 0.2) is 0 Å². The normalized spacial score (nSPS) is 28.2. The van der Waals surface area contributed by atoms with Crippen LogP contribution >= 0.6 is 0 Å². The average molecular weight is 238 g/mol. The molecule has 1 saturated carbocycles. The molecule has 0 aromatic carbocycles. The summed E-state index contributed by atoms with van der Waals surface area (Å²) in [6.07, 6.45) is 9.81. The highest BCUT2D eigenvalue weighted by molar-refractivity contribution is 5.05. The summed E-state index contributed by atoms with van der Waals surface area (Å²) in [4.78, 5) is 0. The molecule has 2 heteroatoms. The highest BCUT2D eigenvalue weighted by atomic mass is 14.9. The van der Waals surface area contributed by atoms with E-state index in [9.17, 15) is 0 Å². The largest absolute Gasteiger partial charge is 0.317 e. The molecular weight excluding hydrogens is 208 g/mol. The Labute approximate surface area is 107 Å². The van der Waals surface area contributed by atoms with Gasteiger partial charge >= 0.3 is 0 Å². The molecule has 2 aliphatic rings. The van der Waals surface area contributed by atoms with Crippen LogP contribution in [0.1, 0.15) is 58.8 Å². The maximum Gasteiger partial charge on any atom is 0.00388 e. The first-order chi connectivity index (χ1) is 8.27. The Morgan fingerprint density at radius 2 is 2.06 bits per heavy atom. The minimum atomic E-state index is 0.723. The molecule has 1 spiro atoms. The van der Waals surface area contributed by atoms with Crippen molar-refractivity contribution in [2.24, 2.45) is 11.3 Å². The Balaban J connectivity index is 1.57. The molecule has 2 rings (SSSR count). The quantitative estimate of drug-likeness (QED) is 0.666. The fourth-order valence-electron chi connectivity index (χ4n) is 3.40. The Kier molecular flexibility index (Phi) is 4.87. The van der Waals surface area contributed by atoms with Crippen molar-refractivity contribution in [2.75, 3.05) is 19.6 Å². The Hall–Kier alpha value is -0.0800. The summed E-state index contributed by atoms with van der Waals surface area (Å²) in [5.41, 5.74) is 0.751. The third kappa shape index (κ3) is 3.69. The number of rotatable bonds is 7. The topological polar surface area (TPSA) is 24.1 Å². The van der Waals surface area contributed by atoms with E-state index in [-0.39, 0.29) is 0 Å². The average Bonchev–Trinajstić information content (AvgIpc) is 3.00. The van der Waals surface area contributed by atoms with Gasteiger partial charge in [0.25, 0.3) is 0 Å². The van der Waals surface area contributed by atoms with Crippen LogP contribution in [0.15, 0.2) is 0 Å². The maximum absolute atomic E-state index is 3.75. The molecule has 2 nitrogen and oxygen atoms in total. The summed E-state index contributed by atoms with van der Waals surface area (Å²) in [6, 6.07) is 0.723. The predicted octanol–water partition coefficient (Wildman–Crippen LogP) is 2.93. The van der Waals surface area contributed by atoms with Crippen LogP contribution in [0.25, 0.3) is 0 Å². The van der Waals surface area contributed by atoms with E-state index in [1.54, 1.807) is 0 Å². The number of unbranched alkanes of at least 4 members (excludes halogenated alkanes) is 2. The summed E-state index contributed by atoms with van der Waals surface area (Å²) in [6.45, 7) is 8.41. The van der Waals surface area contributed by atoms with E-state index < -0.39 is 0 Å². The van der Waals surface area contributed by atoms with Crippen molar-refractivity contribution in [2.45, 2.75) is 64.8 Å². The summed E-state index contributed by atoms with van der Waals surface area (Å²) in [7, 11) is 0. The highest BCUT2D eigenvalue weighted by Crippen LogP contribution is 2.58. The summed E-state index contributed by atoms with van der Waals surface area (Å²) >= 11 is 0. The van der Waals surface area contributed by atoms with Gasteiger partial charge in [0.05, 0.1) is 0 Å². The zero-order chi connectivity index (χ0) is 12.1. The maximum atomic E-state index is 3.75. The monoisotopic (exact) mass is 238 g/mol. The Morgan fingerprint density at radius 3 is 2.76 bits per heavy atom. The summed E-state index contributed by atoms with van der Waals surface area (Å²) < 4.78 is 0. The van der Waals surface area contributed by atoms with Crippen LogP contribution in [0.2, 0.25) is 0 Å². The lowest BCUT2D eigenvalue weighted by Gasteiger charge is -2.24. The van der Waals surface area contributed by atoms with Crippen molar-refractivity contribution in [3.63, 3.8) is 0 Å². The first-order valence-electron chi connectivity index (χ1n) is 7.71. The van der Waals surface area contributed by atoms with Crippen LogP contribution in [0.3, 0.4) is 0 Å². The van der Waals surface area contributed by atoms with Gasteiger partial charge in [0.2, 0.25) is 0 Å². The van der Waals surface area contributed by atoms with Gasteiger partial charge in [-0.1, -0.05) is 26.2 Å². The molecular formula is C15H30N2. The van der Waals surface area contributed by atoms with Gasteiger partial charge in [0.1, 0.15) is 0 Å². The fourth-order valence-corrected chi connectivity index (χ4v) is 3.40. The third-order valence-electron chi connectivity index (χ3n) is 4.91. The zero-order valence-electron chi connectivity index (χ0n) is 11.7. The summed E-state index contributed by atoms with van der Waals surface area (Å²) in [5.74, 6) is 0.984. The lowest BCUT2D eigenvalue weighted by molar-refractivity contribution is 0.314. The Morgan fingerprint density at radius 1 is 1.29 bits per heavy atom. The molecule has 2 fully saturated rings. The minimum absolute atomic E-state index is 0.723. The van der Waals surface area contributed by atoms with Crippen molar-refractivity contribution in [1.82, 2.24) is 10.6 Å². The first-order valence-corrected chi connectivity index (χ1v) is 7.71. The summed E-state index contributed by atoms with van der Waals surface area (Å²) in [5, 5.41) is 7.23. The van der Waals surface area contributed by atoms with E-state index in [4.69, 9.17) is 0 Å². The molecule has 1 saturated heterocycles. The molecule has 0 amide bonds. The molecule has 17 heavy (non-hydrogen) atoms. The fraction of sp³-hybridized carbons (Fsp3) is 1.00. The second-order valence-electron chi connectivity index (χ2n) is 6.32. The molecule has 1 aliphatic carbocycles. The molecule has 0 radical (unpaired) electrons. The molecule has 2 atom stereocenters. The van der Waals surface area contributed by atoms with Crippen molar-refractivity contribution in [3.05, 3.63) is 0 Å². The molecule has 2 unspecified atom stereocenters. The third-order valence-corrected chi connectivity index (χ3v) is 4.91. The van der Waals surface area contributed by atoms with Crippen LogP contribution in [0.4, 0.5) is 0 Å². The Bertz CT molecular complexity index is 221. The van der Waals surface area contributed by atoms with Crippen molar-refractivity contribution < 1.29 is 0 Å². The van der Waals surface area contributed by atoms with E-state index in [1.807, 2.05) is 0 Å². The number of piperidine rings is 1. The molecule has 0 aromatic rings. The molecule has 100 valence electrons. The highest BCUT2D eigenvalue weighted by Gasteiger charge is 2.53. The number of nitrogens with one attached hydrogen (secondary N) is 2. The predicted molar refractivity (Wildman–Crippen MR) is 74.3 cm³/mol. The van der Waals surface area contributed by atoms with Gasteiger partial charge in [-0.2, -0.15) is 0 Å². The van der Waals surface area contributed by atoms with Crippen LogP contribution in [-0.2, 0) is 0 Å². The van der Waals surface area contributed by atoms with Gasteiger partial charge in [-0.15, -0.1) is 0 Å². The zero-order valence-corrected chi connectivity index (χ0v) is 11.7. The van der Waals surface area contributed by atoms with Gasteiger partial charge in [-0.25, -0.2) is 0 Å². The molecule has 1 heterocycles. The van der Waals surface area contributed by atoms with E-state index in [1.165, 1.54) is 64.6 Å². The molecule has 0 bridgehead atoms. The van der Waals surface area contributed by atoms with E-state index >= 15 is 0 Å². The number of hydrogen-bond acceptors (Lipinski definition) is 2. The van der Waals surface area contributed by atoms with Gasteiger partial charge in [-0.3, -0.25) is 0 Å². The van der Waals surface area contributed by atoms with Gasteiger partial charge in [0, 0.05) is 6.04 Å². The minimum Gasteiger partial charge on any atom is -0.317 e. The number of hydrogen-bond donors (Lipinski definition) is 2. The van der Waals surface area contributed by atoms with E-state index in [0.29, 0.717) is 0 Å².